The molecule has 210 valence electrons. The zero-order valence-electron chi connectivity index (χ0n) is 21.5. The summed E-state index contributed by atoms with van der Waals surface area (Å²) in [5, 5.41) is 16.8. The highest BCUT2D eigenvalue weighted by molar-refractivity contribution is 7.92. The summed E-state index contributed by atoms with van der Waals surface area (Å²) in [7, 11) is -2.16. The number of aliphatic carboxylic acids is 1. The van der Waals surface area contributed by atoms with Gasteiger partial charge < -0.3 is 15.1 Å². The number of alkyl halides is 3. The summed E-state index contributed by atoms with van der Waals surface area (Å²) < 4.78 is 59.8. The summed E-state index contributed by atoms with van der Waals surface area (Å²) in [5.41, 5.74) is 1.90. The van der Waals surface area contributed by atoms with Crippen LogP contribution >= 0.6 is 0 Å². The Balaban J connectivity index is 0.000000673. The van der Waals surface area contributed by atoms with Crippen molar-refractivity contribution in [1.29, 1.82) is 0 Å². The Labute approximate surface area is 224 Å². The lowest BCUT2D eigenvalue weighted by molar-refractivity contribution is -0.192. The fraction of sp³-hybridized carbons (Fsp3) is 0.269. The molecule has 0 aliphatic carbocycles. The second-order valence-corrected chi connectivity index (χ2v) is 11.1. The van der Waals surface area contributed by atoms with Gasteiger partial charge in [0.2, 0.25) is 0 Å². The summed E-state index contributed by atoms with van der Waals surface area (Å²) >= 11 is 0. The van der Waals surface area contributed by atoms with Gasteiger partial charge in [0.25, 0.3) is 10.0 Å². The second kappa shape index (κ2) is 12.2. The SMILES string of the molecule is CN(Cc1ccccc1)c1ncc(NS(=O)(=O)c2ccc(C(C)(C)C)cc2)cc1C(=O)O.O=C(O)C(F)(F)F. The van der Waals surface area contributed by atoms with Gasteiger partial charge in [0.1, 0.15) is 11.4 Å². The minimum atomic E-state index is -5.08. The first-order valence-electron chi connectivity index (χ1n) is 11.3. The summed E-state index contributed by atoms with van der Waals surface area (Å²) in [6.45, 7) is 6.60. The van der Waals surface area contributed by atoms with Gasteiger partial charge in [0, 0.05) is 13.6 Å². The van der Waals surface area contributed by atoms with Crippen molar-refractivity contribution in [1.82, 2.24) is 4.98 Å². The van der Waals surface area contributed by atoms with Crippen LogP contribution in [-0.2, 0) is 26.8 Å². The van der Waals surface area contributed by atoms with Crippen LogP contribution < -0.4 is 9.62 Å². The number of nitrogens with one attached hydrogen (secondary N) is 1. The fourth-order valence-electron chi connectivity index (χ4n) is 3.26. The first-order chi connectivity index (χ1) is 17.9. The first kappa shape index (κ1) is 31.1. The summed E-state index contributed by atoms with van der Waals surface area (Å²) in [6, 6.07) is 17.5. The third kappa shape index (κ3) is 8.99. The van der Waals surface area contributed by atoms with Gasteiger partial charge in [-0.15, -0.1) is 0 Å². The van der Waals surface area contributed by atoms with Crippen LogP contribution in [-0.4, -0.2) is 48.8 Å². The van der Waals surface area contributed by atoms with Gasteiger partial charge in [-0.25, -0.2) is 23.0 Å². The zero-order valence-corrected chi connectivity index (χ0v) is 22.3. The Morgan fingerprint density at radius 3 is 1.97 bits per heavy atom. The number of nitrogens with zero attached hydrogens (tertiary/aromatic N) is 2. The summed E-state index contributed by atoms with van der Waals surface area (Å²) in [5.74, 6) is -3.70. The van der Waals surface area contributed by atoms with Crippen LogP contribution in [0.25, 0.3) is 0 Å². The van der Waals surface area contributed by atoms with Crippen molar-refractivity contribution in [2.75, 3.05) is 16.7 Å². The van der Waals surface area contributed by atoms with Gasteiger partial charge >= 0.3 is 18.1 Å². The molecule has 0 bridgehead atoms. The molecule has 1 heterocycles. The average Bonchev–Trinajstić information content (AvgIpc) is 2.83. The molecule has 0 spiro atoms. The van der Waals surface area contributed by atoms with Crippen molar-refractivity contribution in [2.45, 2.75) is 43.8 Å². The van der Waals surface area contributed by atoms with Crippen LogP contribution in [0.2, 0.25) is 0 Å². The molecule has 0 fully saturated rings. The molecule has 13 heteroatoms. The average molecular weight is 568 g/mol. The van der Waals surface area contributed by atoms with Crippen molar-refractivity contribution in [3.05, 3.63) is 83.6 Å². The number of pyridine rings is 1. The van der Waals surface area contributed by atoms with Crippen LogP contribution in [0, 0.1) is 0 Å². The molecule has 0 aliphatic heterocycles. The molecule has 1 aromatic heterocycles. The monoisotopic (exact) mass is 567 g/mol. The number of carboxylic acids is 2. The maximum atomic E-state index is 12.8. The van der Waals surface area contributed by atoms with Gasteiger partial charge in [0.05, 0.1) is 16.8 Å². The molecule has 9 nitrogen and oxygen atoms in total. The number of aromatic carboxylic acids is 1. The lowest BCUT2D eigenvalue weighted by Crippen LogP contribution is -2.21. The maximum Gasteiger partial charge on any atom is 0.490 e. The Morgan fingerprint density at radius 2 is 1.51 bits per heavy atom. The normalized spacial score (nSPS) is 11.7. The Kier molecular flexibility index (Phi) is 9.69. The molecular formula is C26H28F3N3O6S. The Bertz CT molecular complexity index is 1410. The molecule has 0 amide bonds. The number of benzene rings is 2. The number of aromatic nitrogens is 1. The topological polar surface area (TPSA) is 137 Å². The van der Waals surface area contributed by atoms with Gasteiger partial charge in [-0.2, -0.15) is 13.2 Å². The molecule has 0 unspecified atom stereocenters. The van der Waals surface area contributed by atoms with E-state index in [1.165, 1.54) is 24.4 Å². The van der Waals surface area contributed by atoms with E-state index in [1.807, 2.05) is 51.1 Å². The molecule has 0 saturated carbocycles. The van der Waals surface area contributed by atoms with Gasteiger partial charge in [-0.3, -0.25) is 4.72 Å². The number of sulfonamides is 1. The molecular weight excluding hydrogens is 539 g/mol. The van der Waals surface area contributed by atoms with Crippen LogP contribution in [0.5, 0.6) is 0 Å². The van der Waals surface area contributed by atoms with Gasteiger partial charge in [-0.05, 0) is 34.7 Å². The molecule has 0 saturated heterocycles. The number of carboxylic acid groups (broad SMARTS) is 2. The zero-order chi connectivity index (χ0) is 29.6. The minimum absolute atomic E-state index is 0.0826. The van der Waals surface area contributed by atoms with E-state index in [4.69, 9.17) is 9.90 Å². The van der Waals surface area contributed by atoms with Crippen molar-refractivity contribution >= 4 is 33.5 Å². The molecule has 39 heavy (non-hydrogen) atoms. The fourth-order valence-corrected chi connectivity index (χ4v) is 4.29. The highest BCUT2D eigenvalue weighted by atomic mass is 32.2. The van der Waals surface area contributed by atoms with E-state index >= 15 is 0 Å². The molecule has 3 N–H and O–H groups in total. The van der Waals surface area contributed by atoms with E-state index < -0.39 is 28.1 Å². The Morgan fingerprint density at radius 1 is 0.974 bits per heavy atom. The smallest absolute Gasteiger partial charge is 0.478 e. The molecule has 0 radical (unpaired) electrons. The van der Waals surface area contributed by atoms with E-state index in [-0.39, 0.29) is 27.4 Å². The predicted molar refractivity (Wildman–Crippen MR) is 139 cm³/mol. The van der Waals surface area contributed by atoms with E-state index in [1.54, 1.807) is 24.1 Å². The molecule has 2 aromatic carbocycles. The van der Waals surface area contributed by atoms with E-state index in [2.05, 4.69) is 9.71 Å². The predicted octanol–water partition coefficient (Wildman–Crippen LogP) is 5.15. The third-order valence-corrected chi connectivity index (χ3v) is 6.64. The molecule has 0 aliphatic rings. The summed E-state index contributed by atoms with van der Waals surface area (Å²) in [4.78, 5) is 26.8. The number of carbonyl (C=O) groups is 2. The third-order valence-electron chi connectivity index (χ3n) is 5.25. The van der Waals surface area contributed by atoms with Gasteiger partial charge in [0.15, 0.2) is 0 Å². The number of anilines is 2. The number of halogens is 3. The minimum Gasteiger partial charge on any atom is -0.478 e. The van der Waals surface area contributed by atoms with Crippen molar-refractivity contribution in [3.8, 4) is 0 Å². The standard InChI is InChI=1S/C24H27N3O4S.C2HF3O2/c1-24(2,3)18-10-12-20(13-11-18)32(30,31)26-19-14-21(23(28)29)22(25-15-19)27(4)16-17-8-6-5-7-9-17;3-2(4,5)1(6)7/h5-15,26H,16H2,1-4H3,(H,28,29);(H,6,7). The lowest BCUT2D eigenvalue weighted by Gasteiger charge is -2.21. The number of rotatable bonds is 7. The lowest BCUT2D eigenvalue weighted by atomic mass is 9.87. The van der Waals surface area contributed by atoms with Crippen molar-refractivity contribution < 1.29 is 41.4 Å². The largest absolute Gasteiger partial charge is 0.490 e. The van der Waals surface area contributed by atoms with Crippen molar-refractivity contribution in [2.24, 2.45) is 0 Å². The highest BCUT2D eigenvalue weighted by Crippen LogP contribution is 2.26. The number of hydrogen-bond donors (Lipinski definition) is 3. The van der Waals surface area contributed by atoms with Crippen LogP contribution in [0.4, 0.5) is 24.7 Å². The first-order valence-corrected chi connectivity index (χ1v) is 12.8. The second-order valence-electron chi connectivity index (χ2n) is 9.42. The maximum absolute atomic E-state index is 12.8. The van der Waals surface area contributed by atoms with E-state index in [0.29, 0.717) is 6.54 Å². The van der Waals surface area contributed by atoms with Gasteiger partial charge in [-0.1, -0.05) is 63.2 Å². The van der Waals surface area contributed by atoms with E-state index in [9.17, 15) is 31.5 Å². The number of hydrogen-bond acceptors (Lipinski definition) is 6. The quantitative estimate of drug-likeness (QED) is 0.357. The van der Waals surface area contributed by atoms with Crippen LogP contribution in [0.1, 0.15) is 42.3 Å². The molecule has 0 atom stereocenters. The van der Waals surface area contributed by atoms with Crippen molar-refractivity contribution in [3.63, 3.8) is 0 Å². The molecule has 3 aromatic rings. The van der Waals surface area contributed by atoms with Crippen LogP contribution in [0.15, 0.2) is 71.8 Å². The summed E-state index contributed by atoms with van der Waals surface area (Å²) in [6.07, 6.45) is -3.76. The Hall–Kier alpha value is -4.13. The highest BCUT2D eigenvalue weighted by Gasteiger charge is 2.38. The van der Waals surface area contributed by atoms with E-state index in [0.717, 1.165) is 11.1 Å². The van der Waals surface area contributed by atoms with Crippen LogP contribution in [0.3, 0.4) is 0 Å². The molecule has 3 rings (SSSR count).